The molecule has 0 saturated heterocycles. The number of anilines is 1. The van der Waals surface area contributed by atoms with Gasteiger partial charge < -0.3 is 11.1 Å². The van der Waals surface area contributed by atoms with Gasteiger partial charge in [-0.25, -0.2) is 13.8 Å². The fraction of sp³-hybridized carbons (Fsp3) is 0.200. The molecule has 0 atom stereocenters. The van der Waals surface area contributed by atoms with Crippen LogP contribution in [0, 0.1) is 17.1 Å². The fourth-order valence-corrected chi connectivity index (χ4v) is 3.80. The molecule has 172 valence electrons. The number of amides is 1. The van der Waals surface area contributed by atoms with Crippen molar-refractivity contribution >= 4 is 11.7 Å². The van der Waals surface area contributed by atoms with E-state index in [-0.39, 0.29) is 11.7 Å². The van der Waals surface area contributed by atoms with Crippen molar-refractivity contribution in [2.24, 2.45) is 0 Å². The Balaban J connectivity index is 1.41. The number of aryl methyl sites for hydroxylation is 1. The predicted octanol–water partition coefficient (Wildman–Crippen LogP) is 3.58. The number of carbonyl (C=O) groups excluding carboxylic acids is 1. The van der Waals surface area contributed by atoms with Crippen molar-refractivity contribution in [3.63, 3.8) is 0 Å². The summed E-state index contributed by atoms with van der Waals surface area (Å²) in [4.78, 5) is 12.8. The molecule has 0 bridgehead atoms. The number of nitriles is 1. The van der Waals surface area contributed by atoms with Gasteiger partial charge in [0.15, 0.2) is 0 Å². The third kappa shape index (κ3) is 4.52. The molecule has 34 heavy (non-hydrogen) atoms. The third-order valence-electron chi connectivity index (χ3n) is 5.50. The third-order valence-corrected chi connectivity index (χ3v) is 5.50. The number of para-hydroxylation sites is 1. The lowest BCUT2D eigenvalue weighted by Gasteiger charge is -2.08. The highest BCUT2D eigenvalue weighted by Gasteiger charge is 2.18. The first-order valence-corrected chi connectivity index (χ1v) is 11.0. The Bertz CT molecular complexity index is 1330. The predicted molar refractivity (Wildman–Crippen MR) is 126 cm³/mol. The van der Waals surface area contributed by atoms with Crippen LogP contribution in [0.5, 0.6) is 0 Å². The summed E-state index contributed by atoms with van der Waals surface area (Å²) in [6.07, 6.45) is 3.18. The number of nitrogens with two attached hydrogens (primary N) is 1. The molecule has 3 N–H and O–H groups in total. The van der Waals surface area contributed by atoms with Crippen LogP contribution in [0.15, 0.2) is 60.8 Å². The van der Waals surface area contributed by atoms with Gasteiger partial charge >= 0.3 is 0 Å². The van der Waals surface area contributed by atoms with Crippen LogP contribution in [0.3, 0.4) is 0 Å². The minimum atomic E-state index is -0.332. The van der Waals surface area contributed by atoms with Gasteiger partial charge in [-0.2, -0.15) is 15.5 Å². The van der Waals surface area contributed by atoms with E-state index in [1.54, 1.807) is 21.5 Å². The van der Waals surface area contributed by atoms with Crippen molar-refractivity contribution in [1.29, 1.82) is 5.26 Å². The van der Waals surface area contributed by atoms with Gasteiger partial charge in [-0.05, 0) is 55.7 Å². The SMILES string of the molecule is CCc1c(C(=O)NCCCc2nn(-c3ccccc3)c(N)c2C#N)cnn1-c1ccc(F)cc1. The van der Waals surface area contributed by atoms with Gasteiger partial charge in [0.05, 0.1) is 34.5 Å². The van der Waals surface area contributed by atoms with E-state index in [4.69, 9.17) is 5.73 Å². The number of nitrogen functional groups attached to an aromatic ring is 1. The maximum atomic E-state index is 13.2. The maximum absolute atomic E-state index is 13.2. The van der Waals surface area contributed by atoms with E-state index in [1.807, 2.05) is 37.3 Å². The molecule has 2 aromatic heterocycles. The number of nitrogens with zero attached hydrogens (tertiary/aromatic N) is 5. The van der Waals surface area contributed by atoms with E-state index in [0.717, 1.165) is 11.4 Å². The molecule has 9 heteroatoms. The van der Waals surface area contributed by atoms with Crippen LogP contribution in [0.1, 0.15) is 40.7 Å². The Labute approximate surface area is 196 Å². The highest BCUT2D eigenvalue weighted by molar-refractivity contribution is 5.95. The molecule has 4 rings (SSSR count). The Morgan fingerprint density at radius 2 is 1.82 bits per heavy atom. The lowest BCUT2D eigenvalue weighted by atomic mass is 10.1. The first-order chi connectivity index (χ1) is 16.5. The largest absolute Gasteiger partial charge is 0.382 e. The smallest absolute Gasteiger partial charge is 0.254 e. The highest BCUT2D eigenvalue weighted by Crippen LogP contribution is 2.21. The number of hydrogen-bond donors (Lipinski definition) is 2. The number of hydrogen-bond acceptors (Lipinski definition) is 5. The summed E-state index contributed by atoms with van der Waals surface area (Å²) in [5.74, 6) is -0.268. The molecule has 0 aliphatic heterocycles. The maximum Gasteiger partial charge on any atom is 0.254 e. The molecule has 0 saturated carbocycles. The second kappa shape index (κ2) is 10.0. The van der Waals surface area contributed by atoms with Crippen LogP contribution in [-0.2, 0) is 12.8 Å². The van der Waals surface area contributed by atoms with Gasteiger partial charge in [0, 0.05) is 6.54 Å². The summed E-state index contributed by atoms with van der Waals surface area (Å²) in [5.41, 5.74) is 9.77. The van der Waals surface area contributed by atoms with Crippen LogP contribution in [0.4, 0.5) is 10.2 Å². The Kier molecular flexibility index (Phi) is 6.69. The number of benzene rings is 2. The molecule has 8 nitrogen and oxygen atoms in total. The van der Waals surface area contributed by atoms with E-state index in [2.05, 4.69) is 21.6 Å². The molecule has 0 spiro atoms. The molecule has 0 radical (unpaired) electrons. The van der Waals surface area contributed by atoms with Gasteiger partial charge in [0.2, 0.25) is 0 Å². The molecule has 1 amide bonds. The standard InChI is InChI=1S/C25H24FN7O/c1-2-23-21(16-30-32(23)19-12-10-17(26)11-13-19)25(34)29-14-6-9-22-20(15-27)24(28)33(31-22)18-7-4-3-5-8-18/h3-5,7-8,10-13,16H,2,6,9,14,28H2,1H3,(H,29,34). The summed E-state index contributed by atoms with van der Waals surface area (Å²) in [6.45, 7) is 2.33. The van der Waals surface area contributed by atoms with Crippen molar-refractivity contribution < 1.29 is 9.18 Å². The quantitative estimate of drug-likeness (QED) is 0.393. The molecule has 2 aromatic carbocycles. The Hall–Kier alpha value is -4.45. The second-order valence-electron chi connectivity index (χ2n) is 7.67. The molecular formula is C25H24FN7O. The normalized spacial score (nSPS) is 10.7. The number of nitrogens with one attached hydrogen (secondary N) is 1. The summed E-state index contributed by atoms with van der Waals surface area (Å²) < 4.78 is 16.5. The number of carbonyl (C=O) groups is 1. The number of aromatic nitrogens is 4. The zero-order chi connectivity index (χ0) is 24.1. The molecule has 0 aliphatic carbocycles. The average molecular weight is 458 g/mol. The molecular weight excluding hydrogens is 433 g/mol. The van der Waals surface area contributed by atoms with Gasteiger partial charge in [0.25, 0.3) is 5.91 Å². The van der Waals surface area contributed by atoms with Gasteiger partial charge in [-0.15, -0.1) is 0 Å². The highest BCUT2D eigenvalue weighted by atomic mass is 19.1. The molecule has 4 aromatic rings. The van der Waals surface area contributed by atoms with Gasteiger partial charge in [0.1, 0.15) is 23.3 Å². The van der Waals surface area contributed by atoms with Gasteiger partial charge in [-0.3, -0.25) is 4.79 Å². The molecule has 0 aliphatic rings. The second-order valence-corrected chi connectivity index (χ2v) is 7.67. The summed E-state index contributed by atoms with van der Waals surface area (Å²) in [7, 11) is 0. The van der Waals surface area contributed by atoms with Gasteiger partial charge in [-0.1, -0.05) is 25.1 Å². The Morgan fingerprint density at radius 1 is 1.12 bits per heavy atom. The summed E-state index contributed by atoms with van der Waals surface area (Å²) in [5, 5.41) is 21.3. The minimum Gasteiger partial charge on any atom is -0.382 e. The van der Waals surface area contributed by atoms with Crippen LogP contribution in [0.2, 0.25) is 0 Å². The van der Waals surface area contributed by atoms with Crippen molar-refractivity contribution in [3.8, 4) is 17.4 Å². The first-order valence-electron chi connectivity index (χ1n) is 11.0. The van der Waals surface area contributed by atoms with Crippen LogP contribution in [0.25, 0.3) is 11.4 Å². The topological polar surface area (TPSA) is 115 Å². The average Bonchev–Trinajstić information content (AvgIpc) is 3.43. The van der Waals surface area contributed by atoms with Crippen molar-refractivity contribution in [2.45, 2.75) is 26.2 Å². The minimum absolute atomic E-state index is 0.236. The molecule has 0 unspecified atom stereocenters. The number of rotatable bonds is 8. The lowest BCUT2D eigenvalue weighted by Crippen LogP contribution is -2.25. The van der Waals surface area contributed by atoms with Crippen molar-refractivity contribution in [1.82, 2.24) is 24.9 Å². The molecule has 0 fully saturated rings. The zero-order valence-corrected chi connectivity index (χ0v) is 18.7. The van der Waals surface area contributed by atoms with Crippen LogP contribution < -0.4 is 11.1 Å². The summed E-state index contributed by atoms with van der Waals surface area (Å²) >= 11 is 0. The monoisotopic (exact) mass is 457 g/mol. The van der Waals surface area contributed by atoms with E-state index >= 15 is 0 Å². The Morgan fingerprint density at radius 3 is 2.50 bits per heavy atom. The van der Waals surface area contributed by atoms with Crippen LogP contribution in [-0.4, -0.2) is 32.0 Å². The molecule has 2 heterocycles. The number of halogens is 1. The van der Waals surface area contributed by atoms with E-state index in [9.17, 15) is 14.4 Å². The van der Waals surface area contributed by atoms with Crippen LogP contribution >= 0.6 is 0 Å². The van der Waals surface area contributed by atoms with E-state index in [0.29, 0.717) is 54.1 Å². The first kappa shape index (κ1) is 22.7. The van der Waals surface area contributed by atoms with Crippen molar-refractivity contribution in [2.75, 3.05) is 12.3 Å². The van der Waals surface area contributed by atoms with Crippen molar-refractivity contribution in [3.05, 3.63) is 89.1 Å². The lowest BCUT2D eigenvalue weighted by molar-refractivity contribution is 0.0952. The fourth-order valence-electron chi connectivity index (χ4n) is 3.80. The van der Waals surface area contributed by atoms with E-state index in [1.165, 1.54) is 18.3 Å². The summed E-state index contributed by atoms with van der Waals surface area (Å²) in [6, 6.07) is 17.5. The zero-order valence-electron chi connectivity index (χ0n) is 18.7. The van der Waals surface area contributed by atoms with E-state index < -0.39 is 0 Å².